The van der Waals surface area contributed by atoms with Gasteiger partial charge in [0.2, 0.25) is 0 Å². The van der Waals surface area contributed by atoms with Crippen LogP contribution in [0.4, 0.5) is 5.69 Å². The van der Waals surface area contributed by atoms with Gasteiger partial charge in [0.1, 0.15) is 11.6 Å². The van der Waals surface area contributed by atoms with Crippen molar-refractivity contribution in [2.45, 2.75) is 26.2 Å². The molecular weight excluding hydrogens is 334 g/mol. The number of ether oxygens (including phenoxy) is 2. The predicted octanol–water partition coefficient (Wildman–Crippen LogP) is 2.62. The van der Waals surface area contributed by atoms with Crippen molar-refractivity contribution in [3.8, 4) is 6.07 Å². The monoisotopic (exact) mass is 359 g/mol. The van der Waals surface area contributed by atoms with Crippen LogP contribution in [0, 0.1) is 11.3 Å². The van der Waals surface area contributed by atoms with Crippen LogP contribution in [-0.2, 0) is 14.3 Å². The number of unbranched alkanes of at least 4 members (excludes halogenated alkanes) is 1. The molecule has 0 unspecified atom stereocenters. The largest absolute Gasteiger partial charge is 0.462 e. The molecule has 0 saturated carbocycles. The van der Waals surface area contributed by atoms with Crippen molar-refractivity contribution in [1.82, 2.24) is 5.32 Å². The lowest BCUT2D eigenvalue weighted by Crippen LogP contribution is -2.19. The van der Waals surface area contributed by atoms with Crippen molar-refractivity contribution in [3.63, 3.8) is 0 Å². The summed E-state index contributed by atoms with van der Waals surface area (Å²) in [7, 11) is 1.61. The molecule has 26 heavy (non-hydrogen) atoms. The van der Waals surface area contributed by atoms with Crippen LogP contribution in [0.1, 0.15) is 36.5 Å². The van der Waals surface area contributed by atoms with Crippen LogP contribution in [0.15, 0.2) is 36.0 Å². The Morgan fingerprint density at radius 2 is 2.00 bits per heavy atom. The van der Waals surface area contributed by atoms with Crippen LogP contribution < -0.4 is 10.6 Å². The van der Waals surface area contributed by atoms with E-state index in [1.807, 2.05) is 13.0 Å². The number of anilines is 1. The first-order chi connectivity index (χ1) is 12.6. The fourth-order valence-electron chi connectivity index (χ4n) is 1.99. The van der Waals surface area contributed by atoms with Crippen molar-refractivity contribution in [1.29, 1.82) is 5.26 Å². The van der Waals surface area contributed by atoms with Gasteiger partial charge in [-0.3, -0.25) is 4.79 Å². The van der Waals surface area contributed by atoms with E-state index < -0.39 is 11.9 Å². The van der Waals surface area contributed by atoms with Crippen molar-refractivity contribution < 1.29 is 19.1 Å². The van der Waals surface area contributed by atoms with Gasteiger partial charge in [0, 0.05) is 26.5 Å². The number of carbonyl (C=O) groups excluding carboxylic acids is 2. The van der Waals surface area contributed by atoms with Crippen molar-refractivity contribution in [2.24, 2.45) is 0 Å². The molecule has 0 aromatic heterocycles. The topological polar surface area (TPSA) is 100 Å². The molecule has 2 N–H and O–H groups in total. The summed E-state index contributed by atoms with van der Waals surface area (Å²) in [4.78, 5) is 24.4. The molecule has 0 heterocycles. The number of nitrogens with zero attached hydrogens (tertiary/aromatic N) is 1. The maximum absolute atomic E-state index is 12.3. The second-order valence-electron chi connectivity index (χ2n) is 5.46. The van der Waals surface area contributed by atoms with E-state index in [1.165, 1.54) is 6.20 Å². The average Bonchev–Trinajstić information content (AvgIpc) is 2.65. The number of para-hydroxylation sites is 1. The highest BCUT2D eigenvalue weighted by molar-refractivity contribution is 6.09. The number of methoxy groups -OCH3 is 1. The van der Waals surface area contributed by atoms with E-state index in [-0.39, 0.29) is 11.1 Å². The molecule has 0 fully saturated rings. The third-order valence-corrected chi connectivity index (χ3v) is 3.41. The Bertz CT molecular complexity index is 665. The highest BCUT2D eigenvalue weighted by atomic mass is 16.5. The van der Waals surface area contributed by atoms with Gasteiger partial charge < -0.3 is 20.1 Å². The summed E-state index contributed by atoms with van der Waals surface area (Å²) < 4.78 is 10.1. The van der Waals surface area contributed by atoms with E-state index in [1.54, 1.807) is 31.4 Å². The summed E-state index contributed by atoms with van der Waals surface area (Å²) in [6, 6.07) is 8.38. The first-order valence-corrected chi connectivity index (χ1v) is 8.54. The lowest BCUT2D eigenvalue weighted by molar-refractivity contribution is -0.112. The highest BCUT2D eigenvalue weighted by Gasteiger charge is 2.16. The Kier molecular flexibility index (Phi) is 10.2. The minimum Gasteiger partial charge on any atom is -0.462 e. The SMILES string of the molecule is CCCCOC(=O)c1ccccc1NC(=O)/C(C#N)=C\NCCCOC. The molecule has 7 heteroatoms. The number of nitrogens with one attached hydrogen (secondary N) is 2. The summed E-state index contributed by atoms with van der Waals surface area (Å²) in [5.74, 6) is -1.10. The molecule has 0 spiro atoms. The lowest BCUT2D eigenvalue weighted by Gasteiger charge is -2.10. The lowest BCUT2D eigenvalue weighted by atomic mass is 10.1. The summed E-state index contributed by atoms with van der Waals surface area (Å²) in [5, 5.41) is 14.6. The molecule has 1 amide bonds. The fourth-order valence-corrected chi connectivity index (χ4v) is 1.99. The zero-order chi connectivity index (χ0) is 19.2. The van der Waals surface area contributed by atoms with E-state index in [0.29, 0.717) is 25.4 Å². The van der Waals surface area contributed by atoms with Crippen LogP contribution in [0.5, 0.6) is 0 Å². The molecule has 0 aliphatic carbocycles. The molecule has 0 aliphatic heterocycles. The van der Waals surface area contributed by atoms with E-state index in [2.05, 4.69) is 10.6 Å². The zero-order valence-electron chi connectivity index (χ0n) is 15.2. The maximum atomic E-state index is 12.3. The van der Waals surface area contributed by atoms with Crippen LogP contribution in [0.25, 0.3) is 0 Å². The summed E-state index contributed by atoms with van der Waals surface area (Å²) >= 11 is 0. The van der Waals surface area contributed by atoms with Crippen LogP contribution in [0.2, 0.25) is 0 Å². The second kappa shape index (κ2) is 12.5. The van der Waals surface area contributed by atoms with Gasteiger partial charge in [-0.15, -0.1) is 0 Å². The summed E-state index contributed by atoms with van der Waals surface area (Å²) in [5.41, 5.74) is 0.471. The van der Waals surface area contributed by atoms with E-state index in [9.17, 15) is 9.59 Å². The van der Waals surface area contributed by atoms with E-state index in [0.717, 1.165) is 19.3 Å². The minimum absolute atomic E-state index is 0.0865. The van der Waals surface area contributed by atoms with Crippen LogP contribution in [0.3, 0.4) is 0 Å². The summed E-state index contributed by atoms with van der Waals surface area (Å²) in [6.07, 6.45) is 3.79. The van der Waals surface area contributed by atoms with Gasteiger partial charge in [0.25, 0.3) is 5.91 Å². The first-order valence-electron chi connectivity index (χ1n) is 8.54. The Morgan fingerprint density at radius 3 is 2.69 bits per heavy atom. The van der Waals surface area contributed by atoms with E-state index in [4.69, 9.17) is 14.7 Å². The Morgan fingerprint density at radius 1 is 1.23 bits per heavy atom. The predicted molar refractivity (Wildman–Crippen MR) is 98.5 cm³/mol. The van der Waals surface area contributed by atoms with Crippen molar-refractivity contribution in [2.75, 3.05) is 32.2 Å². The molecule has 1 aromatic carbocycles. The number of amides is 1. The fraction of sp³-hybridized carbons (Fsp3) is 0.421. The molecule has 1 rings (SSSR count). The molecule has 140 valence electrons. The number of nitriles is 1. The second-order valence-corrected chi connectivity index (χ2v) is 5.46. The quantitative estimate of drug-likeness (QED) is 0.273. The molecular formula is C19H25N3O4. The van der Waals surface area contributed by atoms with Gasteiger partial charge in [-0.05, 0) is 25.0 Å². The highest BCUT2D eigenvalue weighted by Crippen LogP contribution is 2.17. The Hall–Kier alpha value is -2.85. The van der Waals surface area contributed by atoms with Gasteiger partial charge in [-0.25, -0.2) is 4.79 Å². The number of hydrogen-bond donors (Lipinski definition) is 2. The number of hydrogen-bond acceptors (Lipinski definition) is 6. The summed E-state index contributed by atoms with van der Waals surface area (Å²) in [6.45, 7) is 3.49. The Balaban J connectivity index is 2.74. The molecule has 0 atom stereocenters. The average molecular weight is 359 g/mol. The Labute approximate surface area is 154 Å². The minimum atomic E-state index is -0.597. The number of benzene rings is 1. The molecule has 0 saturated heterocycles. The molecule has 0 radical (unpaired) electrons. The van der Waals surface area contributed by atoms with Gasteiger partial charge in [0.05, 0.1) is 17.9 Å². The number of esters is 1. The van der Waals surface area contributed by atoms with Gasteiger partial charge in [-0.2, -0.15) is 5.26 Å². The zero-order valence-corrected chi connectivity index (χ0v) is 15.2. The van der Waals surface area contributed by atoms with Gasteiger partial charge >= 0.3 is 5.97 Å². The van der Waals surface area contributed by atoms with Crippen LogP contribution >= 0.6 is 0 Å². The van der Waals surface area contributed by atoms with Crippen molar-refractivity contribution >= 4 is 17.6 Å². The number of rotatable bonds is 11. The normalized spacial score (nSPS) is 10.7. The standard InChI is InChI=1S/C19H25N3O4/c1-3-4-12-26-19(24)16-8-5-6-9-17(16)22-18(23)15(13-20)14-21-10-7-11-25-2/h5-6,8-9,14,21H,3-4,7,10-12H2,1-2H3,(H,22,23)/b15-14-. The third-order valence-electron chi connectivity index (χ3n) is 3.41. The maximum Gasteiger partial charge on any atom is 0.340 e. The van der Waals surface area contributed by atoms with Crippen molar-refractivity contribution in [3.05, 3.63) is 41.6 Å². The number of carbonyl (C=O) groups is 2. The smallest absolute Gasteiger partial charge is 0.340 e. The van der Waals surface area contributed by atoms with Crippen LogP contribution in [-0.4, -0.2) is 38.7 Å². The molecule has 1 aromatic rings. The first kappa shape index (κ1) is 21.2. The third kappa shape index (κ3) is 7.36. The molecule has 0 aliphatic rings. The molecule has 0 bridgehead atoms. The van der Waals surface area contributed by atoms with Gasteiger partial charge in [0.15, 0.2) is 0 Å². The van der Waals surface area contributed by atoms with Gasteiger partial charge in [-0.1, -0.05) is 25.5 Å². The molecule has 7 nitrogen and oxygen atoms in total. The van der Waals surface area contributed by atoms with E-state index >= 15 is 0 Å².